The maximum absolute atomic E-state index is 12.7. The average molecular weight is 594 g/mol. The number of benzene rings is 1. The summed E-state index contributed by atoms with van der Waals surface area (Å²) in [7, 11) is 0. The number of esters is 1. The smallest absolute Gasteiger partial charge is 0.348 e. The van der Waals surface area contributed by atoms with Crippen LogP contribution in [0.4, 0.5) is 5.69 Å². The Kier molecular flexibility index (Phi) is 13.2. The molecule has 6 N–H and O–H groups in total. The number of nitrogens with zero attached hydrogens (tertiary/aromatic N) is 1. The van der Waals surface area contributed by atoms with E-state index < -0.39 is 49.7 Å². The SMILES string of the molecule is CCCCC[C@H](O)c1ccc(N2C(=O)CC[C@@H]2CCCc2ccc(C(=O)OCC(O)C(O)C(O)C(O)CO)s2)cc1. The van der Waals surface area contributed by atoms with Gasteiger partial charge in [0, 0.05) is 23.0 Å². The molecule has 0 spiro atoms. The van der Waals surface area contributed by atoms with Crippen LogP contribution in [0.2, 0.25) is 0 Å². The summed E-state index contributed by atoms with van der Waals surface area (Å²) in [6, 6.07) is 11.2. The number of hydrogen-bond donors (Lipinski definition) is 6. The van der Waals surface area contributed by atoms with Crippen LogP contribution in [0.25, 0.3) is 0 Å². The van der Waals surface area contributed by atoms with Crippen LogP contribution in [-0.2, 0) is 16.0 Å². The lowest BCUT2D eigenvalue weighted by Crippen LogP contribution is -2.47. The third-order valence-electron chi connectivity index (χ3n) is 7.50. The van der Waals surface area contributed by atoms with Crippen molar-refractivity contribution >= 4 is 28.9 Å². The van der Waals surface area contributed by atoms with Crippen LogP contribution in [0.3, 0.4) is 0 Å². The van der Waals surface area contributed by atoms with Gasteiger partial charge in [-0.25, -0.2) is 4.79 Å². The van der Waals surface area contributed by atoms with E-state index in [0.717, 1.165) is 61.1 Å². The van der Waals surface area contributed by atoms with Crippen molar-refractivity contribution in [3.63, 3.8) is 0 Å². The first-order valence-corrected chi connectivity index (χ1v) is 15.2. The van der Waals surface area contributed by atoms with E-state index in [0.29, 0.717) is 17.7 Å². The van der Waals surface area contributed by atoms with Gasteiger partial charge in [-0.2, -0.15) is 0 Å². The highest BCUT2D eigenvalue weighted by atomic mass is 32.1. The predicted molar refractivity (Wildman–Crippen MR) is 155 cm³/mol. The van der Waals surface area contributed by atoms with Crippen LogP contribution in [0.5, 0.6) is 0 Å². The van der Waals surface area contributed by atoms with Gasteiger partial charge in [-0.3, -0.25) is 4.79 Å². The Morgan fingerprint density at radius 3 is 2.39 bits per heavy atom. The molecular weight excluding hydrogens is 550 g/mol. The van der Waals surface area contributed by atoms with Crippen molar-refractivity contribution in [2.24, 2.45) is 0 Å². The van der Waals surface area contributed by atoms with Gasteiger partial charge in [0.15, 0.2) is 0 Å². The number of anilines is 1. The van der Waals surface area contributed by atoms with Gasteiger partial charge in [-0.1, -0.05) is 38.3 Å². The molecule has 1 fully saturated rings. The highest BCUT2D eigenvalue weighted by Crippen LogP contribution is 2.31. The summed E-state index contributed by atoms with van der Waals surface area (Å²) in [5.41, 5.74) is 1.71. The van der Waals surface area contributed by atoms with Gasteiger partial charge in [-0.05, 0) is 61.9 Å². The molecule has 1 aliphatic rings. The molecule has 0 bridgehead atoms. The number of amides is 1. The van der Waals surface area contributed by atoms with Crippen molar-refractivity contribution < 1.29 is 45.0 Å². The van der Waals surface area contributed by atoms with Crippen molar-refractivity contribution in [3.8, 4) is 0 Å². The Morgan fingerprint density at radius 1 is 1.00 bits per heavy atom. The summed E-state index contributed by atoms with van der Waals surface area (Å²) in [5, 5.41) is 58.1. The van der Waals surface area contributed by atoms with Crippen LogP contribution in [-0.4, -0.2) is 86.2 Å². The van der Waals surface area contributed by atoms with Crippen molar-refractivity contribution in [1.82, 2.24) is 0 Å². The monoisotopic (exact) mass is 593 g/mol. The Labute approximate surface area is 244 Å². The molecule has 0 radical (unpaired) electrons. The maximum Gasteiger partial charge on any atom is 0.348 e. The predicted octanol–water partition coefficient (Wildman–Crippen LogP) is 2.47. The molecule has 0 aliphatic carbocycles. The summed E-state index contributed by atoms with van der Waals surface area (Å²) in [6.45, 7) is 0.745. The number of carbonyl (C=O) groups is 2. The van der Waals surface area contributed by atoms with E-state index in [1.54, 1.807) is 6.07 Å². The molecule has 1 amide bonds. The van der Waals surface area contributed by atoms with Gasteiger partial charge >= 0.3 is 5.97 Å². The standard InChI is InChI=1S/C30H43NO9S/c1-2-3-4-8-23(33)19-9-11-21(12-10-19)31-20(13-16-27(31)36)6-5-7-22-14-15-26(41-22)30(39)40-18-25(35)29(38)28(37)24(34)17-32/h9-12,14-15,20,23-25,28-29,32-35,37-38H,2-8,13,16-18H2,1H3/t20-,23-,24?,25?,28?,29?/m0/s1. The van der Waals surface area contributed by atoms with Crippen molar-refractivity contribution in [2.75, 3.05) is 18.1 Å². The fraction of sp³-hybridized carbons (Fsp3) is 0.600. The van der Waals surface area contributed by atoms with Crippen molar-refractivity contribution in [3.05, 3.63) is 51.7 Å². The van der Waals surface area contributed by atoms with Gasteiger partial charge in [0.2, 0.25) is 5.91 Å². The van der Waals surface area contributed by atoms with Crippen molar-refractivity contribution in [1.29, 1.82) is 0 Å². The van der Waals surface area contributed by atoms with Crippen molar-refractivity contribution in [2.45, 2.75) is 101 Å². The highest BCUT2D eigenvalue weighted by Gasteiger charge is 2.32. The number of aliphatic hydroxyl groups is 6. The minimum Gasteiger partial charge on any atom is -0.459 e. The van der Waals surface area contributed by atoms with E-state index in [-0.39, 0.29) is 11.9 Å². The molecule has 11 heteroatoms. The molecule has 2 heterocycles. The van der Waals surface area contributed by atoms with E-state index in [1.807, 2.05) is 35.2 Å². The second-order valence-electron chi connectivity index (χ2n) is 10.6. The molecular formula is C30H43NO9S. The summed E-state index contributed by atoms with van der Waals surface area (Å²) in [5.74, 6) is -0.589. The van der Waals surface area contributed by atoms with E-state index >= 15 is 0 Å². The molecule has 0 saturated carbocycles. The Balaban J connectivity index is 1.47. The van der Waals surface area contributed by atoms with E-state index in [9.17, 15) is 35.1 Å². The molecule has 1 aromatic heterocycles. The fourth-order valence-electron chi connectivity index (χ4n) is 5.01. The van der Waals surface area contributed by atoms with E-state index in [1.165, 1.54) is 11.3 Å². The van der Waals surface area contributed by atoms with Gasteiger partial charge in [0.1, 0.15) is 35.9 Å². The zero-order valence-corrected chi connectivity index (χ0v) is 24.3. The molecule has 228 valence electrons. The number of carbonyl (C=O) groups excluding carboxylic acids is 2. The van der Waals surface area contributed by atoms with Crippen LogP contribution in [0.1, 0.15) is 84.5 Å². The first-order valence-electron chi connectivity index (χ1n) is 14.3. The van der Waals surface area contributed by atoms with Crippen LogP contribution < -0.4 is 4.90 Å². The highest BCUT2D eigenvalue weighted by molar-refractivity contribution is 7.13. The lowest BCUT2D eigenvalue weighted by atomic mass is 10.0. The minimum atomic E-state index is -1.80. The van der Waals surface area contributed by atoms with Gasteiger partial charge in [-0.15, -0.1) is 11.3 Å². The van der Waals surface area contributed by atoms with Crippen LogP contribution in [0, 0.1) is 0 Å². The molecule has 1 aromatic carbocycles. The van der Waals surface area contributed by atoms with Gasteiger partial charge < -0.3 is 40.3 Å². The number of hydrogen-bond acceptors (Lipinski definition) is 10. The molecule has 3 rings (SSSR count). The number of unbranched alkanes of at least 4 members (excludes halogenated alkanes) is 2. The second kappa shape index (κ2) is 16.3. The number of rotatable bonds is 17. The molecule has 4 unspecified atom stereocenters. The van der Waals surface area contributed by atoms with Gasteiger partial charge in [0.25, 0.3) is 0 Å². The Bertz CT molecular complexity index is 1090. The molecule has 41 heavy (non-hydrogen) atoms. The van der Waals surface area contributed by atoms with E-state index in [2.05, 4.69) is 6.92 Å². The summed E-state index contributed by atoms with van der Waals surface area (Å²) < 4.78 is 5.04. The molecule has 6 atom stereocenters. The summed E-state index contributed by atoms with van der Waals surface area (Å²) >= 11 is 1.26. The number of aliphatic hydroxyl groups excluding tert-OH is 6. The third kappa shape index (κ3) is 9.31. The zero-order valence-electron chi connectivity index (χ0n) is 23.5. The second-order valence-corrected chi connectivity index (χ2v) is 11.8. The lowest BCUT2D eigenvalue weighted by Gasteiger charge is -2.25. The topological polar surface area (TPSA) is 168 Å². The molecule has 10 nitrogen and oxygen atoms in total. The largest absolute Gasteiger partial charge is 0.459 e. The summed E-state index contributed by atoms with van der Waals surface area (Å²) in [6.07, 6.45) is 0.152. The average Bonchev–Trinajstić information content (AvgIpc) is 3.61. The quantitative estimate of drug-likeness (QED) is 0.119. The first kappa shape index (κ1) is 33.1. The lowest BCUT2D eigenvalue weighted by molar-refractivity contribution is -0.124. The number of thiophene rings is 1. The normalized spacial score (nSPS) is 19.1. The molecule has 1 saturated heterocycles. The zero-order chi connectivity index (χ0) is 29.9. The molecule has 2 aromatic rings. The number of ether oxygens (including phenoxy) is 1. The fourth-order valence-corrected chi connectivity index (χ4v) is 5.95. The molecule has 1 aliphatic heterocycles. The van der Waals surface area contributed by atoms with Crippen LogP contribution in [0.15, 0.2) is 36.4 Å². The maximum atomic E-state index is 12.7. The Hall–Kier alpha value is -2.38. The summed E-state index contributed by atoms with van der Waals surface area (Å²) in [4.78, 5) is 28.2. The Morgan fingerprint density at radius 2 is 1.71 bits per heavy atom. The first-order chi connectivity index (χ1) is 19.7. The van der Waals surface area contributed by atoms with Crippen LogP contribution >= 0.6 is 11.3 Å². The number of aryl methyl sites for hydroxylation is 1. The third-order valence-corrected chi connectivity index (χ3v) is 8.62. The minimum absolute atomic E-state index is 0.0832. The van der Waals surface area contributed by atoms with E-state index in [4.69, 9.17) is 9.84 Å². The van der Waals surface area contributed by atoms with Gasteiger partial charge in [0.05, 0.1) is 12.7 Å².